The molecule has 0 aromatic heterocycles. The summed E-state index contributed by atoms with van der Waals surface area (Å²) in [5, 5.41) is 9.60. The van der Waals surface area contributed by atoms with Crippen LogP contribution in [0.1, 0.15) is 45.1 Å². The molecular formula is C28H25ClN2O5. The molecule has 3 aromatic carbocycles. The van der Waals surface area contributed by atoms with Crippen molar-refractivity contribution in [3.05, 3.63) is 99.6 Å². The van der Waals surface area contributed by atoms with Crippen molar-refractivity contribution in [2.45, 2.75) is 25.4 Å². The predicted octanol–water partition coefficient (Wildman–Crippen LogP) is 4.32. The summed E-state index contributed by atoms with van der Waals surface area (Å²) in [7, 11) is 0. The van der Waals surface area contributed by atoms with Crippen molar-refractivity contribution < 1.29 is 24.2 Å². The summed E-state index contributed by atoms with van der Waals surface area (Å²) in [4.78, 5) is 41.0. The number of carbonyl (C=O) groups is 3. The molecular weight excluding hydrogens is 480 g/mol. The van der Waals surface area contributed by atoms with E-state index in [4.69, 9.17) is 21.4 Å². The zero-order valence-corrected chi connectivity index (χ0v) is 20.3. The van der Waals surface area contributed by atoms with Gasteiger partial charge in [-0.15, -0.1) is 0 Å². The van der Waals surface area contributed by atoms with Crippen LogP contribution >= 0.6 is 11.6 Å². The highest BCUT2D eigenvalue weighted by Crippen LogP contribution is 2.41. The number of halogens is 1. The first-order valence-electron chi connectivity index (χ1n) is 11.8. The molecule has 0 saturated heterocycles. The van der Waals surface area contributed by atoms with Gasteiger partial charge in [0.15, 0.2) is 6.61 Å². The topological polar surface area (TPSA) is 87.2 Å². The van der Waals surface area contributed by atoms with Crippen molar-refractivity contribution in [3.63, 3.8) is 0 Å². The number of nitrogens with zero attached hydrogens (tertiary/aromatic N) is 2. The zero-order valence-electron chi connectivity index (χ0n) is 19.5. The number of hydrogen-bond acceptors (Lipinski definition) is 4. The Hall–Kier alpha value is -3.84. The normalized spacial score (nSPS) is 16.5. The van der Waals surface area contributed by atoms with Crippen LogP contribution in [-0.2, 0) is 22.6 Å². The lowest BCUT2D eigenvalue weighted by molar-refractivity contribution is -0.139. The molecule has 0 fully saturated rings. The molecule has 2 amide bonds. The van der Waals surface area contributed by atoms with Crippen LogP contribution in [0, 0.1) is 0 Å². The Morgan fingerprint density at radius 2 is 1.75 bits per heavy atom. The summed E-state index contributed by atoms with van der Waals surface area (Å²) in [5.41, 5.74) is 4.35. The number of carbonyl (C=O) groups excluding carboxylic acids is 2. The molecule has 1 N–H and O–H groups in total. The molecule has 0 bridgehead atoms. The standard InChI is InChI=1S/C28H25ClN2O5/c29-20-9-10-24(36-17-26(33)34)23(15-20)27-21-7-3-1-5-18(21)11-14-31(27)25(32)12-13-30-16-19-6-2-4-8-22(19)28(30)35/h1-10,15,27H,11-14,16-17H2,(H,33,34). The second-order valence-electron chi connectivity index (χ2n) is 8.94. The van der Waals surface area contributed by atoms with Gasteiger partial charge in [0.05, 0.1) is 6.04 Å². The number of hydrogen-bond donors (Lipinski definition) is 1. The van der Waals surface area contributed by atoms with Crippen molar-refractivity contribution in [1.29, 1.82) is 0 Å². The fourth-order valence-corrected chi connectivity index (χ4v) is 5.22. The molecule has 0 spiro atoms. The number of fused-ring (bicyclic) bond motifs is 2. The van der Waals surface area contributed by atoms with Crippen LogP contribution in [-0.4, -0.2) is 52.4 Å². The largest absolute Gasteiger partial charge is 0.482 e. The van der Waals surface area contributed by atoms with Crippen molar-refractivity contribution in [1.82, 2.24) is 9.80 Å². The smallest absolute Gasteiger partial charge is 0.341 e. The van der Waals surface area contributed by atoms with E-state index in [9.17, 15) is 14.4 Å². The van der Waals surface area contributed by atoms with Gasteiger partial charge in [0, 0.05) is 42.2 Å². The number of carboxylic acids is 1. The number of carboxylic acid groups (broad SMARTS) is 1. The predicted molar refractivity (Wildman–Crippen MR) is 134 cm³/mol. The van der Waals surface area contributed by atoms with Gasteiger partial charge in [0.2, 0.25) is 5.91 Å². The lowest BCUT2D eigenvalue weighted by atomic mass is 9.87. The molecule has 0 saturated carbocycles. The summed E-state index contributed by atoms with van der Waals surface area (Å²) >= 11 is 6.34. The molecule has 0 aliphatic carbocycles. The Labute approximate surface area is 213 Å². The van der Waals surface area contributed by atoms with E-state index in [-0.39, 0.29) is 18.2 Å². The fourth-order valence-electron chi connectivity index (χ4n) is 5.04. The molecule has 5 rings (SSSR count). The van der Waals surface area contributed by atoms with Gasteiger partial charge in [-0.1, -0.05) is 54.1 Å². The van der Waals surface area contributed by atoms with E-state index < -0.39 is 18.6 Å². The lowest BCUT2D eigenvalue weighted by Crippen LogP contribution is -2.42. The quantitative estimate of drug-likeness (QED) is 0.517. The molecule has 2 aliphatic heterocycles. The van der Waals surface area contributed by atoms with E-state index in [2.05, 4.69) is 0 Å². The minimum atomic E-state index is -1.09. The molecule has 2 aliphatic rings. The molecule has 184 valence electrons. The summed E-state index contributed by atoms with van der Waals surface area (Å²) in [5.74, 6) is -0.879. The Morgan fingerprint density at radius 3 is 2.53 bits per heavy atom. The molecule has 8 heteroatoms. The Bertz CT molecular complexity index is 1340. The Morgan fingerprint density at radius 1 is 1.00 bits per heavy atom. The van der Waals surface area contributed by atoms with Gasteiger partial charge in [-0.05, 0) is 47.4 Å². The van der Waals surface area contributed by atoms with Crippen molar-refractivity contribution >= 4 is 29.4 Å². The van der Waals surface area contributed by atoms with Crippen LogP contribution in [0.5, 0.6) is 5.75 Å². The zero-order chi connectivity index (χ0) is 25.2. The average molecular weight is 505 g/mol. The number of aliphatic carboxylic acids is 1. The summed E-state index contributed by atoms with van der Waals surface area (Å²) in [6, 6.07) is 19.9. The average Bonchev–Trinajstić information content (AvgIpc) is 3.21. The highest BCUT2D eigenvalue weighted by atomic mass is 35.5. The van der Waals surface area contributed by atoms with Gasteiger partial charge in [0.25, 0.3) is 5.91 Å². The third kappa shape index (κ3) is 4.66. The molecule has 7 nitrogen and oxygen atoms in total. The summed E-state index contributed by atoms with van der Waals surface area (Å²) in [6.45, 7) is 0.791. The maximum atomic E-state index is 13.6. The molecule has 0 radical (unpaired) electrons. The first-order chi connectivity index (χ1) is 17.4. The molecule has 2 heterocycles. The maximum Gasteiger partial charge on any atom is 0.341 e. The van der Waals surface area contributed by atoms with Crippen molar-refractivity contribution in [2.75, 3.05) is 19.7 Å². The highest BCUT2D eigenvalue weighted by Gasteiger charge is 2.35. The fraction of sp³-hybridized carbons (Fsp3) is 0.250. The Balaban J connectivity index is 1.42. The first-order valence-corrected chi connectivity index (χ1v) is 12.2. The minimum Gasteiger partial charge on any atom is -0.482 e. The first kappa shape index (κ1) is 23.9. The second kappa shape index (κ2) is 10.0. The van der Waals surface area contributed by atoms with Crippen LogP contribution in [0.3, 0.4) is 0 Å². The van der Waals surface area contributed by atoms with Gasteiger partial charge in [-0.25, -0.2) is 4.79 Å². The molecule has 3 aromatic rings. The van der Waals surface area contributed by atoms with Crippen molar-refractivity contribution in [2.24, 2.45) is 0 Å². The lowest BCUT2D eigenvalue weighted by Gasteiger charge is -2.38. The van der Waals surface area contributed by atoms with Crippen molar-refractivity contribution in [3.8, 4) is 5.75 Å². The second-order valence-corrected chi connectivity index (χ2v) is 9.37. The third-order valence-electron chi connectivity index (χ3n) is 6.71. The SMILES string of the molecule is O=C(O)COc1ccc(Cl)cc1C1c2ccccc2CCN1C(=O)CCN1Cc2ccccc2C1=O. The van der Waals surface area contributed by atoms with Gasteiger partial charge in [0.1, 0.15) is 5.75 Å². The van der Waals surface area contributed by atoms with Crippen LogP contribution < -0.4 is 4.74 Å². The molecule has 1 unspecified atom stereocenters. The monoisotopic (exact) mass is 504 g/mol. The van der Waals surface area contributed by atoms with Crippen LogP contribution in [0.25, 0.3) is 0 Å². The van der Waals surface area contributed by atoms with Gasteiger partial charge in [-0.3, -0.25) is 9.59 Å². The van der Waals surface area contributed by atoms with E-state index in [0.29, 0.717) is 48.0 Å². The molecule has 36 heavy (non-hydrogen) atoms. The van der Waals surface area contributed by atoms with Gasteiger partial charge < -0.3 is 19.6 Å². The van der Waals surface area contributed by atoms with E-state index in [1.807, 2.05) is 48.5 Å². The summed E-state index contributed by atoms with van der Waals surface area (Å²) in [6.07, 6.45) is 0.864. The Kier molecular flexibility index (Phi) is 6.65. The van der Waals surface area contributed by atoms with E-state index >= 15 is 0 Å². The minimum absolute atomic E-state index is 0.0573. The number of rotatable bonds is 7. The number of amides is 2. The van der Waals surface area contributed by atoms with Crippen LogP contribution in [0.4, 0.5) is 0 Å². The maximum absolute atomic E-state index is 13.6. The van der Waals surface area contributed by atoms with E-state index in [1.165, 1.54) is 0 Å². The number of benzene rings is 3. The van der Waals surface area contributed by atoms with Gasteiger partial charge >= 0.3 is 5.97 Å². The van der Waals surface area contributed by atoms with Gasteiger partial charge in [-0.2, -0.15) is 0 Å². The number of ether oxygens (including phenoxy) is 1. The van der Waals surface area contributed by atoms with E-state index in [1.54, 1.807) is 28.0 Å². The van der Waals surface area contributed by atoms with Crippen LogP contribution in [0.15, 0.2) is 66.7 Å². The molecule has 1 atom stereocenters. The highest BCUT2D eigenvalue weighted by molar-refractivity contribution is 6.30. The third-order valence-corrected chi connectivity index (χ3v) is 6.95. The summed E-state index contributed by atoms with van der Waals surface area (Å²) < 4.78 is 5.59. The van der Waals surface area contributed by atoms with E-state index in [0.717, 1.165) is 16.7 Å². The van der Waals surface area contributed by atoms with Crippen LogP contribution in [0.2, 0.25) is 5.02 Å².